The highest BCUT2D eigenvalue weighted by molar-refractivity contribution is 7.80. The fourth-order valence-corrected chi connectivity index (χ4v) is 2.53. The van der Waals surface area contributed by atoms with E-state index in [2.05, 4.69) is 68.1 Å². The zero-order valence-electron chi connectivity index (χ0n) is 12.2. The zero-order chi connectivity index (χ0) is 14.7. The van der Waals surface area contributed by atoms with Crippen molar-refractivity contribution in [1.82, 2.24) is 0 Å². The molecule has 0 saturated carbocycles. The van der Waals surface area contributed by atoms with E-state index in [1.165, 1.54) is 5.56 Å². The maximum atomic E-state index is 5.89. The molecule has 0 aliphatic carbocycles. The molecule has 3 heteroatoms. The molecule has 2 N–H and O–H groups in total. The van der Waals surface area contributed by atoms with Crippen molar-refractivity contribution in [3.63, 3.8) is 0 Å². The molecule has 0 aliphatic heterocycles. The summed E-state index contributed by atoms with van der Waals surface area (Å²) in [5.74, 6) is 0. The first-order valence-electron chi connectivity index (χ1n) is 6.77. The first-order chi connectivity index (χ1) is 9.52. The Hall–Kier alpha value is -1.87. The van der Waals surface area contributed by atoms with E-state index < -0.39 is 0 Å². The lowest BCUT2D eigenvalue weighted by molar-refractivity contribution is 1.02. The third-order valence-electron chi connectivity index (χ3n) is 3.34. The van der Waals surface area contributed by atoms with Gasteiger partial charge in [-0.2, -0.15) is 0 Å². The van der Waals surface area contributed by atoms with Gasteiger partial charge in [-0.25, -0.2) is 0 Å². The predicted octanol–water partition coefficient (Wildman–Crippen LogP) is 4.10. The Balaban J connectivity index is 2.55. The van der Waals surface area contributed by atoms with E-state index in [1.54, 1.807) is 0 Å². The van der Waals surface area contributed by atoms with Gasteiger partial charge in [-0.05, 0) is 50.6 Å². The van der Waals surface area contributed by atoms with Crippen molar-refractivity contribution in [2.75, 3.05) is 11.4 Å². The number of nitrogens with two attached hydrogens (primary N) is 1. The molecule has 0 radical (unpaired) electrons. The molecule has 0 atom stereocenters. The van der Waals surface area contributed by atoms with E-state index in [1.807, 2.05) is 0 Å². The molecule has 0 heterocycles. The maximum absolute atomic E-state index is 5.89. The highest BCUT2D eigenvalue weighted by Crippen LogP contribution is 2.29. The number of rotatable bonds is 4. The van der Waals surface area contributed by atoms with E-state index in [4.69, 9.17) is 18.0 Å². The normalized spacial score (nSPS) is 10.3. The lowest BCUT2D eigenvalue weighted by atomic mass is 10.1. The molecule has 0 spiro atoms. The zero-order valence-corrected chi connectivity index (χ0v) is 13.0. The summed E-state index contributed by atoms with van der Waals surface area (Å²) in [7, 11) is 0. The van der Waals surface area contributed by atoms with Gasteiger partial charge in [-0.3, -0.25) is 0 Å². The van der Waals surface area contributed by atoms with Crippen LogP contribution in [0.15, 0.2) is 42.5 Å². The highest BCUT2D eigenvalue weighted by atomic mass is 32.1. The van der Waals surface area contributed by atoms with Crippen molar-refractivity contribution in [2.45, 2.75) is 20.8 Å². The first kappa shape index (κ1) is 14.5. The van der Waals surface area contributed by atoms with Crippen LogP contribution < -0.4 is 10.6 Å². The summed E-state index contributed by atoms with van der Waals surface area (Å²) in [5, 5.41) is 0. The average molecular weight is 284 g/mol. The van der Waals surface area contributed by atoms with Gasteiger partial charge in [0.1, 0.15) is 4.99 Å². The Morgan fingerprint density at radius 1 is 1.10 bits per heavy atom. The Morgan fingerprint density at radius 3 is 2.40 bits per heavy atom. The van der Waals surface area contributed by atoms with Crippen molar-refractivity contribution in [3.05, 3.63) is 59.2 Å². The molecule has 0 aromatic heterocycles. The van der Waals surface area contributed by atoms with E-state index in [9.17, 15) is 0 Å². The van der Waals surface area contributed by atoms with Crippen molar-refractivity contribution in [1.29, 1.82) is 0 Å². The minimum atomic E-state index is 0.440. The average Bonchev–Trinajstić information content (AvgIpc) is 2.41. The standard InChI is InChI=1S/C17H20N2S/c1-4-19(14-7-5-6-12(2)10-14)16-9-8-13(3)11-15(16)17(18)20/h5-11H,4H2,1-3H3,(H2,18,20). The summed E-state index contributed by atoms with van der Waals surface area (Å²) in [5.41, 5.74) is 11.5. The molecule has 0 unspecified atom stereocenters. The monoisotopic (exact) mass is 284 g/mol. The van der Waals surface area contributed by atoms with Crippen molar-refractivity contribution < 1.29 is 0 Å². The third kappa shape index (κ3) is 2.99. The molecule has 0 fully saturated rings. The summed E-state index contributed by atoms with van der Waals surface area (Å²) in [6, 6.07) is 14.7. The van der Waals surface area contributed by atoms with E-state index >= 15 is 0 Å². The van der Waals surface area contributed by atoms with Gasteiger partial charge in [0.25, 0.3) is 0 Å². The Morgan fingerprint density at radius 2 is 1.80 bits per heavy atom. The third-order valence-corrected chi connectivity index (χ3v) is 3.56. The number of aryl methyl sites for hydroxylation is 2. The number of benzene rings is 2. The van der Waals surface area contributed by atoms with Crippen LogP contribution in [-0.2, 0) is 0 Å². The van der Waals surface area contributed by atoms with Gasteiger partial charge >= 0.3 is 0 Å². The quantitative estimate of drug-likeness (QED) is 0.857. The van der Waals surface area contributed by atoms with E-state index in [0.29, 0.717) is 4.99 Å². The number of thiocarbonyl (C=S) groups is 1. The minimum Gasteiger partial charge on any atom is -0.389 e. The number of anilines is 2. The van der Waals surface area contributed by atoms with E-state index in [0.717, 1.165) is 29.0 Å². The van der Waals surface area contributed by atoms with Gasteiger partial charge in [0, 0.05) is 17.8 Å². The van der Waals surface area contributed by atoms with Gasteiger partial charge in [-0.15, -0.1) is 0 Å². The molecule has 2 nitrogen and oxygen atoms in total. The molecule has 104 valence electrons. The molecule has 0 bridgehead atoms. The lowest BCUT2D eigenvalue weighted by Crippen LogP contribution is -2.21. The molecular weight excluding hydrogens is 264 g/mol. The summed E-state index contributed by atoms with van der Waals surface area (Å²) in [6.07, 6.45) is 0. The molecule has 20 heavy (non-hydrogen) atoms. The van der Waals surface area contributed by atoms with Crippen molar-refractivity contribution in [3.8, 4) is 0 Å². The van der Waals surface area contributed by atoms with E-state index in [-0.39, 0.29) is 0 Å². The fraction of sp³-hybridized carbons (Fsp3) is 0.235. The largest absolute Gasteiger partial charge is 0.389 e. The number of hydrogen-bond donors (Lipinski definition) is 1. The van der Waals surface area contributed by atoms with Crippen LogP contribution >= 0.6 is 12.2 Å². The van der Waals surface area contributed by atoms with Crippen LogP contribution in [0.3, 0.4) is 0 Å². The Labute approximate surface area is 126 Å². The lowest BCUT2D eigenvalue weighted by Gasteiger charge is -2.26. The second-order valence-electron chi connectivity index (χ2n) is 4.97. The summed E-state index contributed by atoms with van der Waals surface area (Å²) < 4.78 is 0. The summed E-state index contributed by atoms with van der Waals surface area (Å²) >= 11 is 5.20. The van der Waals surface area contributed by atoms with Crippen LogP contribution in [0.5, 0.6) is 0 Å². The van der Waals surface area contributed by atoms with Gasteiger partial charge in [0.15, 0.2) is 0 Å². The highest BCUT2D eigenvalue weighted by Gasteiger charge is 2.13. The smallest absolute Gasteiger partial charge is 0.106 e. The van der Waals surface area contributed by atoms with Crippen LogP contribution in [0.25, 0.3) is 0 Å². The van der Waals surface area contributed by atoms with Crippen molar-refractivity contribution >= 4 is 28.6 Å². The van der Waals surface area contributed by atoms with Gasteiger partial charge in [-0.1, -0.05) is 36.0 Å². The topological polar surface area (TPSA) is 29.3 Å². The first-order valence-corrected chi connectivity index (χ1v) is 7.18. The Bertz CT molecular complexity index is 635. The SMILES string of the molecule is CCN(c1cccc(C)c1)c1ccc(C)cc1C(N)=S. The molecule has 2 rings (SSSR count). The van der Waals surface area contributed by atoms with Gasteiger partial charge < -0.3 is 10.6 Å². The molecule has 0 aliphatic rings. The maximum Gasteiger partial charge on any atom is 0.106 e. The summed E-state index contributed by atoms with van der Waals surface area (Å²) in [4.78, 5) is 2.68. The van der Waals surface area contributed by atoms with Crippen LogP contribution in [-0.4, -0.2) is 11.5 Å². The van der Waals surface area contributed by atoms with Crippen LogP contribution in [0.1, 0.15) is 23.6 Å². The van der Waals surface area contributed by atoms with Crippen LogP contribution in [0.4, 0.5) is 11.4 Å². The number of hydrogen-bond acceptors (Lipinski definition) is 2. The van der Waals surface area contributed by atoms with Crippen LogP contribution in [0, 0.1) is 13.8 Å². The Kier molecular flexibility index (Phi) is 4.40. The van der Waals surface area contributed by atoms with Crippen molar-refractivity contribution in [2.24, 2.45) is 5.73 Å². The second-order valence-corrected chi connectivity index (χ2v) is 5.41. The van der Waals surface area contributed by atoms with Gasteiger partial charge in [0.2, 0.25) is 0 Å². The molecule has 0 saturated heterocycles. The molecule has 2 aromatic rings. The summed E-state index contributed by atoms with van der Waals surface area (Å²) in [6.45, 7) is 7.14. The van der Waals surface area contributed by atoms with Crippen LogP contribution in [0.2, 0.25) is 0 Å². The predicted molar refractivity (Wildman–Crippen MR) is 90.9 cm³/mol. The molecule has 0 amide bonds. The number of nitrogens with zero attached hydrogens (tertiary/aromatic N) is 1. The fourth-order valence-electron chi connectivity index (χ4n) is 2.37. The minimum absolute atomic E-state index is 0.440. The van der Waals surface area contributed by atoms with Gasteiger partial charge in [0.05, 0.1) is 5.69 Å². The second kappa shape index (κ2) is 6.06. The molecule has 2 aromatic carbocycles. The molecular formula is C17H20N2S.